The lowest BCUT2D eigenvalue weighted by Gasteiger charge is -1.97. The van der Waals surface area contributed by atoms with Gasteiger partial charge in [-0.15, -0.1) is 0 Å². The molecule has 0 saturated heterocycles. The van der Waals surface area contributed by atoms with Gasteiger partial charge in [-0.2, -0.15) is 0 Å². The first-order chi connectivity index (χ1) is 8.78. The molecule has 3 aromatic rings. The molecule has 18 heavy (non-hydrogen) atoms. The van der Waals surface area contributed by atoms with Crippen molar-refractivity contribution in [2.75, 3.05) is 7.05 Å². The number of fused-ring (bicyclic) bond motifs is 1. The highest BCUT2D eigenvalue weighted by Gasteiger charge is 2.11. The summed E-state index contributed by atoms with van der Waals surface area (Å²) in [7, 11) is 1.89. The van der Waals surface area contributed by atoms with E-state index in [0.29, 0.717) is 6.54 Å². The smallest absolute Gasteiger partial charge is 0.181 e. The molecule has 0 bridgehead atoms. The molecule has 2 N–H and O–H groups in total. The van der Waals surface area contributed by atoms with E-state index in [1.54, 1.807) is 0 Å². The molecular formula is C12H11BrN4O. The number of nitrogens with one attached hydrogen (secondary N) is 2. The summed E-state index contributed by atoms with van der Waals surface area (Å²) in [6.45, 7) is 0.698. The van der Waals surface area contributed by atoms with Gasteiger partial charge in [0.1, 0.15) is 21.6 Å². The Kier molecular flexibility index (Phi) is 2.89. The number of aromatic amines is 1. The molecule has 0 atom stereocenters. The predicted molar refractivity (Wildman–Crippen MR) is 72.1 cm³/mol. The van der Waals surface area contributed by atoms with Crippen molar-refractivity contribution in [3.63, 3.8) is 0 Å². The first-order valence-corrected chi connectivity index (χ1v) is 6.30. The Hall–Kier alpha value is -1.66. The van der Waals surface area contributed by atoms with Crippen LogP contribution in [-0.4, -0.2) is 22.0 Å². The normalized spacial score (nSPS) is 11.2. The summed E-state index contributed by atoms with van der Waals surface area (Å²) in [6.07, 6.45) is 1.44. The van der Waals surface area contributed by atoms with Gasteiger partial charge in [-0.25, -0.2) is 9.97 Å². The summed E-state index contributed by atoms with van der Waals surface area (Å²) in [6, 6.07) is 5.84. The van der Waals surface area contributed by atoms with Crippen molar-refractivity contribution in [1.82, 2.24) is 20.3 Å². The van der Waals surface area contributed by atoms with Crippen LogP contribution in [0.2, 0.25) is 0 Å². The van der Waals surface area contributed by atoms with Gasteiger partial charge in [0, 0.05) is 5.56 Å². The molecule has 1 aromatic carbocycles. The van der Waals surface area contributed by atoms with Crippen LogP contribution in [0.1, 0.15) is 5.82 Å². The van der Waals surface area contributed by atoms with Crippen LogP contribution >= 0.6 is 15.9 Å². The molecule has 0 spiro atoms. The highest BCUT2D eigenvalue weighted by Crippen LogP contribution is 2.28. The molecule has 0 aliphatic heterocycles. The fourth-order valence-corrected chi connectivity index (χ4v) is 2.39. The van der Waals surface area contributed by atoms with Crippen LogP contribution in [0, 0.1) is 0 Å². The number of H-pyrrole nitrogens is 1. The molecule has 2 aromatic heterocycles. The third-order valence-corrected chi connectivity index (χ3v) is 3.23. The van der Waals surface area contributed by atoms with E-state index in [2.05, 4.69) is 36.2 Å². The number of halogens is 1. The third-order valence-electron chi connectivity index (χ3n) is 2.66. The second-order valence-corrected chi connectivity index (χ2v) is 4.70. The van der Waals surface area contributed by atoms with Crippen molar-refractivity contribution in [3.05, 3.63) is 35.0 Å². The maximum Gasteiger partial charge on any atom is 0.181 e. The Morgan fingerprint density at radius 2 is 2.33 bits per heavy atom. The van der Waals surface area contributed by atoms with E-state index in [1.807, 2.05) is 25.2 Å². The molecule has 2 heterocycles. The van der Waals surface area contributed by atoms with E-state index >= 15 is 0 Å². The highest BCUT2D eigenvalue weighted by molar-refractivity contribution is 9.10. The van der Waals surface area contributed by atoms with Crippen LogP contribution in [0.25, 0.3) is 22.4 Å². The highest BCUT2D eigenvalue weighted by atomic mass is 79.9. The average Bonchev–Trinajstić information content (AvgIpc) is 2.95. The van der Waals surface area contributed by atoms with Crippen LogP contribution in [0.3, 0.4) is 0 Å². The number of hydrogen-bond acceptors (Lipinski definition) is 4. The van der Waals surface area contributed by atoms with Crippen molar-refractivity contribution in [3.8, 4) is 11.3 Å². The van der Waals surface area contributed by atoms with Crippen LogP contribution < -0.4 is 5.32 Å². The number of hydrogen-bond donors (Lipinski definition) is 2. The summed E-state index contributed by atoms with van der Waals surface area (Å²) in [5.41, 5.74) is 3.47. The first-order valence-electron chi connectivity index (χ1n) is 5.50. The molecule has 0 aliphatic rings. The predicted octanol–water partition coefficient (Wildman–Crippen LogP) is 2.70. The lowest BCUT2D eigenvalue weighted by atomic mass is 10.1. The van der Waals surface area contributed by atoms with E-state index in [4.69, 9.17) is 4.42 Å². The minimum absolute atomic E-state index is 0.698. The Balaban J connectivity index is 2.07. The summed E-state index contributed by atoms with van der Waals surface area (Å²) >= 11 is 3.49. The molecule has 92 valence electrons. The quantitative estimate of drug-likeness (QED) is 0.781. The maximum absolute atomic E-state index is 5.30. The lowest BCUT2D eigenvalue weighted by molar-refractivity contribution is 0.602. The number of oxazole rings is 1. The largest absolute Gasteiger partial charge is 0.443 e. The summed E-state index contributed by atoms with van der Waals surface area (Å²) < 4.78 is 6.16. The Morgan fingerprint density at radius 3 is 3.17 bits per heavy atom. The van der Waals surface area contributed by atoms with Crippen molar-refractivity contribution in [2.45, 2.75) is 6.54 Å². The number of nitrogens with zero attached hydrogens (tertiary/aromatic N) is 2. The standard InChI is InChI=1S/C12H11BrN4O/c1-14-5-10-16-11(12(13)17-10)7-2-3-8-9(4-7)18-6-15-8/h2-4,6,14H,5H2,1H3,(H,16,17). The zero-order valence-electron chi connectivity index (χ0n) is 9.70. The zero-order valence-corrected chi connectivity index (χ0v) is 11.3. The summed E-state index contributed by atoms with van der Waals surface area (Å²) in [4.78, 5) is 11.8. The molecular weight excluding hydrogens is 296 g/mol. The number of benzene rings is 1. The third kappa shape index (κ3) is 1.93. The second-order valence-electron chi connectivity index (χ2n) is 3.91. The number of imidazole rings is 1. The number of rotatable bonds is 3. The van der Waals surface area contributed by atoms with E-state index in [1.165, 1.54) is 6.39 Å². The van der Waals surface area contributed by atoms with Crippen molar-refractivity contribution in [1.29, 1.82) is 0 Å². The van der Waals surface area contributed by atoms with Gasteiger partial charge in [0.2, 0.25) is 0 Å². The monoisotopic (exact) mass is 306 g/mol. The number of aromatic nitrogens is 3. The maximum atomic E-state index is 5.30. The summed E-state index contributed by atoms with van der Waals surface area (Å²) in [5, 5.41) is 3.06. The Labute approximate surface area is 112 Å². The van der Waals surface area contributed by atoms with E-state index in [9.17, 15) is 0 Å². The van der Waals surface area contributed by atoms with Crippen molar-refractivity contribution >= 4 is 27.0 Å². The van der Waals surface area contributed by atoms with E-state index in [-0.39, 0.29) is 0 Å². The topological polar surface area (TPSA) is 66.7 Å². The molecule has 0 aliphatic carbocycles. The molecule has 3 rings (SSSR count). The van der Waals surface area contributed by atoms with Gasteiger partial charge >= 0.3 is 0 Å². The summed E-state index contributed by atoms with van der Waals surface area (Å²) in [5.74, 6) is 0.886. The fourth-order valence-electron chi connectivity index (χ4n) is 1.84. The van der Waals surface area contributed by atoms with Crippen LogP contribution in [-0.2, 0) is 6.54 Å². The van der Waals surface area contributed by atoms with Gasteiger partial charge in [0.25, 0.3) is 0 Å². The van der Waals surface area contributed by atoms with Crippen LogP contribution in [0.4, 0.5) is 0 Å². The molecule has 0 unspecified atom stereocenters. The van der Waals surface area contributed by atoms with Crippen molar-refractivity contribution < 1.29 is 4.42 Å². The molecule has 5 nitrogen and oxygen atoms in total. The SMILES string of the molecule is CNCc1nc(-c2ccc3ncoc3c2)c(Br)[nH]1. The molecule has 6 heteroatoms. The molecule has 0 saturated carbocycles. The van der Waals surface area contributed by atoms with Crippen LogP contribution in [0.15, 0.2) is 33.6 Å². The zero-order chi connectivity index (χ0) is 12.5. The van der Waals surface area contributed by atoms with E-state index < -0.39 is 0 Å². The molecule has 0 fully saturated rings. The van der Waals surface area contributed by atoms with Crippen LogP contribution in [0.5, 0.6) is 0 Å². The minimum Gasteiger partial charge on any atom is -0.443 e. The second kappa shape index (κ2) is 4.55. The lowest BCUT2D eigenvalue weighted by Crippen LogP contribution is -2.06. The van der Waals surface area contributed by atoms with Gasteiger partial charge in [-0.05, 0) is 35.1 Å². The van der Waals surface area contributed by atoms with Crippen molar-refractivity contribution in [2.24, 2.45) is 0 Å². The Bertz CT molecular complexity index is 688. The minimum atomic E-state index is 0.698. The Morgan fingerprint density at radius 1 is 1.44 bits per heavy atom. The van der Waals surface area contributed by atoms with Gasteiger partial charge in [-0.1, -0.05) is 6.07 Å². The first kappa shape index (κ1) is 11.4. The molecule has 0 radical (unpaired) electrons. The van der Waals surface area contributed by atoms with Gasteiger partial charge < -0.3 is 14.7 Å². The average molecular weight is 307 g/mol. The van der Waals surface area contributed by atoms with E-state index in [0.717, 1.165) is 32.8 Å². The fraction of sp³-hybridized carbons (Fsp3) is 0.167. The van der Waals surface area contributed by atoms with Gasteiger partial charge in [-0.3, -0.25) is 0 Å². The van der Waals surface area contributed by atoms with Gasteiger partial charge in [0.15, 0.2) is 12.0 Å². The van der Waals surface area contributed by atoms with Gasteiger partial charge in [0.05, 0.1) is 6.54 Å². The molecule has 0 amide bonds.